The van der Waals surface area contributed by atoms with Crippen LogP contribution in [0.3, 0.4) is 0 Å². The molecule has 0 bridgehead atoms. The minimum atomic E-state index is 0.330. The normalized spacial score (nSPS) is 12.9. The zero-order valence-electron chi connectivity index (χ0n) is 11.7. The molecule has 0 radical (unpaired) electrons. The Balaban J connectivity index is 3.08. The maximum Gasteiger partial charge on any atom is 0.0704 e. The highest BCUT2D eigenvalue weighted by molar-refractivity contribution is 4.53. The van der Waals surface area contributed by atoms with E-state index in [0.717, 1.165) is 39.1 Å². The molecule has 17 heavy (non-hydrogen) atoms. The summed E-state index contributed by atoms with van der Waals surface area (Å²) in [5.74, 6) is 0. The van der Waals surface area contributed by atoms with Crippen LogP contribution in [0.15, 0.2) is 0 Å². The number of rotatable bonds is 13. The van der Waals surface area contributed by atoms with Crippen LogP contribution < -0.4 is 5.32 Å². The van der Waals surface area contributed by atoms with Gasteiger partial charge in [0.1, 0.15) is 0 Å². The van der Waals surface area contributed by atoms with Gasteiger partial charge in [0.15, 0.2) is 0 Å². The van der Waals surface area contributed by atoms with Gasteiger partial charge in [-0.05, 0) is 39.3 Å². The Morgan fingerprint density at radius 1 is 1.06 bits per heavy atom. The van der Waals surface area contributed by atoms with Gasteiger partial charge in [0.2, 0.25) is 0 Å². The van der Waals surface area contributed by atoms with Crippen LogP contribution in [-0.2, 0) is 14.2 Å². The van der Waals surface area contributed by atoms with Gasteiger partial charge in [-0.1, -0.05) is 6.92 Å². The lowest BCUT2D eigenvalue weighted by Crippen LogP contribution is -2.18. The van der Waals surface area contributed by atoms with Crippen molar-refractivity contribution in [3.8, 4) is 0 Å². The van der Waals surface area contributed by atoms with Gasteiger partial charge in [-0.25, -0.2) is 0 Å². The van der Waals surface area contributed by atoms with E-state index in [1.807, 2.05) is 0 Å². The Bertz CT molecular complexity index is 145. The molecule has 1 atom stereocenters. The summed E-state index contributed by atoms with van der Waals surface area (Å²) in [6.07, 6.45) is 3.56. The molecule has 0 rings (SSSR count). The number of hydrogen-bond donors (Lipinski definition) is 1. The first-order valence-corrected chi connectivity index (χ1v) is 6.70. The zero-order valence-corrected chi connectivity index (χ0v) is 11.7. The van der Waals surface area contributed by atoms with Crippen LogP contribution in [-0.4, -0.2) is 52.7 Å². The lowest BCUT2D eigenvalue weighted by atomic mass is 10.2. The molecule has 0 spiro atoms. The van der Waals surface area contributed by atoms with Gasteiger partial charge in [-0.3, -0.25) is 0 Å². The summed E-state index contributed by atoms with van der Waals surface area (Å²) >= 11 is 0. The molecule has 0 aromatic heterocycles. The fourth-order valence-electron chi connectivity index (χ4n) is 1.49. The second-order valence-corrected chi connectivity index (χ2v) is 4.14. The molecule has 0 heterocycles. The van der Waals surface area contributed by atoms with E-state index >= 15 is 0 Å². The van der Waals surface area contributed by atoms with Crippen molar-refractivity contribution in [1.82, 2.24) is 5.32 Å². The highest BCUT2D eigenvalue weighted by atomic mass is 16.5. The quantitative estimate of drug-likeness (QED) is 0.504. The standard InChI is InChI=1S/C13H29NO3/c1-4-14-8-5-7-13(2)17-12-11-16-10-6-9-15-3/h13-14H,4-12H2,1-3H3. The second kappa shape index (κ2) is 13.9. The molecule has 0 saturated heterocycles. The Morgan fingerprint density at radius 2 is 1.88 bits per heavy atom. The van der Waals surface area contributed by atoms with Gasteiger partial charge in [-0.15, -0.1) is 0 Å². The van der Waals surface area contributed by atoms with Crippen molar-refractivity contribution in [2.24, 2.45) is 0 Å². The summed E-state index contributed by atoms with van der Waals surface area (Å²) in [6.45, 7) is 9.27. The van der Waals surface area contributed by atoms with Crippen molar-refractivity contribution in [1.29, 1.82) is 0 Å². The molecule has 104 valence electrons. The van der Waals surface area contributed by atoms with E-state index in [1.165, 1.54) is 6.42 Å². The molecule has 0 amide bonds. The molecule has 4 heteroatoms. The smallest absolute Gasteiger partial charge is 0.0704 e. The first kappa shape index (κ1) is 16.8. The van der Waals surface area contributed by atoms with Crippen molar-refractivity contribution in [2.75, 3.05) is 46.6 Å². The van der Waals surface area contributed by atoms with Crippen LogP contribution in [0.1, 0.15) is 33.1 Å². The minimum Gasteiger partial charge on any atom is -0.385 e. The predicted molar refractivity (Wildman–Crippen MR) is 70.5 cm³/mol. The molecule has 0 aromatic rings. The van der Waals surface area contributed by atoms with Gasteiger partial charge < -0.3 is 19.5 Å². The SMILES string of the molecule is CCNCCCC(C)OCCOCCCOC. The molecule has 0 aliphatic carbocycles. The monoisotopic (exact) mass is 247 g/mol. The topological polar surface area (TPSA) is 39.7 Å². The van der Waals surface area contributed by atoms with Crippen LogP contribution in [0.2, 0.25) is 0 Å². The molecular formula is C13H29NO3. The average Bonchev–Trinajstić information content (AvgIpc) is 2.33. The average molecular weight is 247 g/mol. The van der Waals surface area contributed by atoms with Crippen LogP contribution in [0.5, 0.6) is 0 Å². The molecule has 0 saturated carbocycles. The van der Waals surface area contributed by atoms with Gasteiger partial charge >= 0.3 is 0 Å². The Morgan fingerprint density at radius 3 is 2.59 bits per heavy atom. The number of nitrogens with one attached hydrogen (secondary N) is 1. The Labute approximate surface area is 106 Å². The maximum absolute atomic E-state index is 5.64. The molecule has 0 aliphatic heterocycles. The van der Waals surface area contributed by atoms with Gasteiger partial charge in [0.25, 0.3) is 0 Å². The molecule has 1 N–H and O–H groups in total. The van der Waals surface area contributed by atoms with E-state index in [4.69, 9.17) is 14.2 Å². The van der Waals surface area contributed by atoms with Crippen LogP contribution >= 0.6 is 0 Å². The molecule has 4 nitrogen and oxygen atoms in total. The largest absolute Gasteiger partial charge is 0.385 e. The van der Waals surface area contributed by atoms with E-state index in [-0.39, 0.29) is 0 Å². The van der Waals surface area contributed by atoms with Crippen molar-refractivity contribution < 1.29 is 14.2 Å². The molecule has 0 aromatic carbocycles. The lowest BCUT2D eigenvalue weighted by molar-refractivity contribution is 0.00498. The summed E-state index contributed by atoms with van der Waals surface area (Å²) in [5, 5.41) is 3.31. The summed E-state index contributed by atoms with van der Waals surface area (Å²) in [6, 6.07) is 0. The van der Waals surface area contributed by atoms with Crippen molar-refractivity contribution in [3.05, 3.63) is 0 Å². The number of ether oxygens (including phenoxy) is 3. The fourth-order valence-corrected chi connectivity index (χ4v) is 1.49. The summed E-state index contributed by atoms with van der Waals surface area (Å²) < 4.78 is 16.0. The first-order chi connectivity index (χ1) is 8.31. The van der Waals surface area contributed by atoms with E-state index in [2.05, 4.69) is 19.2 Å². The van der Waals surface area contributed by atoms with Crippen molar-refractivity contribution in [3.63, 3.8) is 0 Å². The third-order valence-electron chi connectivity index (χ3n) is 2.48. The van der Waals surface area contributed by atoms with Crippen LogP contribution in [0.4, 0.5) is 0 Å². The summed E-state index contributed by atoms with van der Waals surface area (Å²) in [7, 11) is 1.71. The second-order valence-electron chi connectivity index (χ2n) is 4.14. The predicted octanol–water partition coefficient (Wildman–Crippen LogP) is 1.83. The highest BCUT2D eigenvalue weighted by Gasteiger charge is 2.01. The van der Waals surface area contributed by atoms with E-state index in [1.54, 1.807) is 7.11 Å². The number of hydrogen-bond acceptors (Lipinski definition) is 4. The van der Waals surface area contributed by atoms with E-state index in [9.17, 15) is 0 Å². The highest BCUT2D eigenvalue weighted by Crippen LogP contribution is 2.00. The first-order valence-electron chi connectivity index (χ1n) is 6.70. The minimum absolute atomic E-state index is 0.330. The summed E-state index contributed by atoms with van der Waals surface area (Å²) in [5.41, 5.74) is 0. The van der Waals surface area contributed by atoms with Gasteiger partial charge in [0, 0.05) is 20.3 Å². The van der Waals surface area contributed by atoms with Crippen molar-refractivity contribution >= 4 is 0 Å². The summed E-state index contributed by atoms with van der Waals surface area (Å²) in [4.78, 5) is 0. The molecular weight excluding hydrogens is 218 g/mol. The van der Waals surface area contributed by atoms with Gasteiger partial charge in [0.05, 0.1) is 19.3 Å². The molecule has 0 aliphatic rings. The fraction of sp³-hybridized carbons (Fsp3) is 1.00. The molecule has 0 fully saturated rings. The van der Waals surface area contributed by atoms with E-state index in [0.29, 0.717) is 19.3 Å². The van der Waals surface area contributed by atoms with Crippen LogP contribution in [0, 0.1) is 0 Å². The maximum atomic E-state index is 5.64. The third-order valence-corrected chi connectivity index (χ3v) is 2.48. The molecule has 1 unspecified atom stereocenters. The third kappa shape index (κ3) is 13.8. The van der Waals surface area contributed by atoms with Gasteiger partial charge in [-0.2, -0.15) is 0 Å². The Kier molecular flexibility index (Phi) is 13.8. The number of methoxy groups -OCH3 is 1. The van der Waals surface area contributed by atoms with Crippen LogP contribution in [0.25, 0.3) is 0 Å². The van der Waals surface area contributed by atoms with E-state index < -0.39 is 0 Å². The zero-order chi connectivity index (χ0) is 12.8. The lowest BCUT2D eigenvalue weighted by Gasteiger charge is -2.13. The Hall–Kier alpha value is -0.160. The van der Waals surface area contributed by atoms with Crippen molar-refractivity contribution in [2.45, 2.75) is 39.2 Å².